The first-order chi connectivity index (χ1) is 3.91. The highest BCUT2D eigenvalue weighted by Gasteiger charge is 1.64. The van der Waals surface area contributed by atoms with Crippen LogP contribution in [0.15, 0.2) is 17.1 Å². The van der Waals surface area contributed by atoms with E-state index in [1.54, 1.807) is 6.08 Å². The molecular weight excluding hydrogens is 102 g/mol. The van der Waals surface area contributed by atoms with Crippen LogP contribution < -0.4 is 0 Å². The van der Waals surface area contributed by atoms with E-state index in [0.717, 1.165) is 0 Å². The van der Waals surface area contributed by atoms with Gasteiger partial charge in [-0.3, -0.25) is 0 Å². The fourth-order valence-corrected chi connectivity index (χ4v) is 0.211. The summed E-state index contributed by atoms with van der Waals surface area (Å²) in [6.07, 6.45) is 9.30. The first kappa shape index (κ1) is 6.68. The summed E-state index contributed by atoms with van der Waals surface area (Å²) in [7, 11) is 0. The van der Waals surface area contributed by atoms with Gasteiger partial charge in [-0.05, 0) is 6.08 Å². The summed E-state index contributed by atoms with van der Waals surface area (Å²) in [5.41, 5.74) is 0. The van der Waals surface area contributed by atoms with Gasteiger partial charge in [-0.1, -0.05) is 12.0 Å². The van der Waals surface area contributed by atoms with Crippen molar-refractivity contribution in [3.8, 4) is 12.3 Å². The summed E-state index contributed by atoms with van der Waals surface area (Å²) < 4.78 is 0. The van der Waals surface area contributed by atoms with Gasteiger partial charge >= 0.3 is 0 Å². The number of rotatable bonds is 2. The Kier molecular flexibility index (Phi) is 4.74. The molecule has 0 bridgehead atoms. The molecule has 0 saturated heterocycles. The molecule has 40 valence electrons. The molecule has 0 amide bonds. The van der Waals surface area contributed by atoms with Gasteiger partial charge in [-0.2, -0.15) is 0 Å². The topological polar surface area (TPSA) is 29.4 Å². The third-order valence-corrected chi connectivity index (χ3v) is 0.475. The van der Waals surface area contributed by atoms with Crippen LogP contribution in [0, 0.1) is 12.3 Å². The Morgan fingerprint density at radius 3 is 3.00 bits per heavy atom. The van der Waals surface area contributed by atoms with E-state index < -0.39 is 0 Å². The van der Waals surface area contributed by atoms with E-state index in [1.807, 2.05) is 0 Å². The fourth-order valence-electron chi connectivity index (χ4n) is 0.211. The standard InChI is InChI=1S/C6H5NO/c1-2-3-4-5-7-6-8/h1,3-4H,5H2. The van der Waals surface area contributed by atoms with E-state index in [0.29, 0.717) is 6.54 Å². The highest BCUT2D eigenvalue weighted by molar-refractivity contribution is 5.33. The van der Waals surface area contributed by atoms with Crippen molar-refractivity contribution in [1.29, 1.82) is 0 Å². The predicted molar refractivity (Wildman–Crippen MR) is 31.0 cm³/mol. The minimum Gasteiger partial charge on any atom is -0.211 e. The first-order valence-corrected chi connectivity index (χ1v) is 2.06. The monoisotopic (exact) mass is 107 g/mol. The van der Waals surface area contributed by atoms with Crippen LogP contribution in [0.2, 0.25) is 0 Å². The van der Waals surface area contributed by atoms with Gasteiger partial charge in [0.25, 0.3) is 0 Å². The molecule has 0 saturated carbocycles. The molecule has 0 aromatic carbocycles. The molecule has 0 atom stereocenters. The van der Waals surface area contributed by atoms with Crippen LogP contribution in [0.1, 0.15) is 0 Å². The van der Waals surface area contributed by atoms with Gasteiger partial charge in [0.2, 0.25) is 6.08 Å². The van der Waals surface area contributed by atoms with Crippen molar-refractivity contribution in [3.63, 3.8) is 0 Å². The average Bonchev–Trinajstić information content (AvgIpc) is 1.81. The van der Waals surface area contributed by atoms with E-state index in [1.165, 1.54) is 12.2 Å². The number of nitrogens with zero attached hydrogens (tertiary/aromatic N) is 1. The molecule has 0 unspecified atom stereocenters. The molecule has 0 aliphatic rings. The van der Waals surface area contributed by atoms with E-state index in [2.05, 4.69) is 10.9 Å². The van der Waals surface area contributed by atoms with Crippen LogP contribution in [0.4, 0.5) is 0 Å². The van der Waals surface area contributed by atoms with Gasteiger partial charge in [-0.25, -0.2) is 9.79 Å². The van der Waals surface area contributed by atoms with Crippen molar-refractivity contribution >= 4 is 6.08 Å². The smallest absolute Gasteiger partial charge is 0.211 e. The quantitative estimate of drug-likeness (QED) is 0.287. The second kappa shape index (κ2) is 5.68. The number of aliphatic imine (C=N–C) groups is 1. The van der Waals surface area contributed by atoms with Crippen molar-refractivity contribution in [2.45, 2.75) is 0 Å². The summed E-state index contributed by atoms with van der Waals surface area (Å²) in [6, 6.07) is 0. The Hall–Kier alpha value is -1.32. The predicted octanol–water partition coefficient (Wildman–Crippen LogP) is 0.512. The summed E-state index contributed by atoms with van der Waals surface area (Å²) in [4.78, 5) is 12.6. The molecule has 0 rings (SSSR count). The number of hydrogen-bond donors (Lipinski definition) is 0. The minimum absolute atomic E-state index is 0.327. The fraction of sp³-hybridized carbons (Fsp3) is 0.167. The Labute approximate surface area is 47.9 Å². The largest absolute Gasteiger partial charge is 0.235 e. The van der Waals surface area contributed by atoms with Crippen molar-refractivity contribution in [3.05, 3.63) is 12.2 Å². The lowest BCUT2D eigenvalue weighted by molar-refractivity contribution is 0.564. The Bertz CT molecular complexity index is 158. The Balaban J connectivity index is 3.33. The van der Waals surface area contributed by atoms with Crippen LogP contribution in [-0.2, 0) is 4.79 Å². The molecule has 0 radical (unpaired) electrons. The molecule has 2 heteroatoms. The van der Waals surface area contributed by atoms with Gasteiger partial charge in [0, 0.05) is 0 Å². The van der Waals surface area contributed by atoms with Crippen LogP contribution in [0.5, 0.6) is 0 Å². The first-order valence-electron chi connectivity index (χ1n) is 2.06. The van der Waals surface area contributed by atoms with Crippen LogP contribution in [0.25, 0.3) is 0 Å². The van der Waals surface area contributed by atoms with Crippen molar-refractivity contribution in [2.75, 3.05) is 6.54 Å². The van der Waals surface area contributed by atoms with Crippen molar-refractivity contribution < 1.29 is 4.79 Å². The summed E-state index contributed by atoms with van der Waals surface area (Å²) in [6.45, 7) is 0.327. The van der Waals surface area contributed by atoms with Gasteiger partial charge in [-0.15, -0.1) is 6.42 Å². The van der Waals surface area contributed by atoms with E-state index in [9.17, 15) is 4.79 Å². The maximum atomic E-state index is 9.39. The molecule has 0 aliphatic carbocycles. The van der Waals surface area contributed by atoms with Gasteiger partial charge in [0.15, 0.2) is 0 Å². The number of allylic oxidation sites excluding steroid dienone is 1. The maximum absolute atomic E-state index is 9.39. The molecule has 0 aromatic heterocycles. The lowest BCUT2D eigenvalue weighted by Gasteiger charge is -1.69. The minimum atomic E-state index is 0.327. The molecule has 0 heterocycles. The van der Waals surface area contributed by atoms with E-state index >= 15 is 0 Å². The highest BCUT2D eigenvalue weighted by Crippen LogP contribution is 1.69. The third kappa shape index (κ3) is 4.68. The molecular formula is C6H5NO. The maximum Gasteiger partial charge on any atom is 0.235 e. The molecule has 2 nitrogen and oxygen atoms in total. The van der Waals surface area contributed by atoms with Crippen LogP contribution in [0.3, 0.4) is 0 Å². The van der Waals surface area contributed by atoms with Gasteiger partial charge in [0.05, 0.1) is 6.54 Å². The lowest BCUT2D eigenvalue weighted by Crippen LogP contribution is -1.66. The zero-order chi connectivity index (χ0) is 6.24. The molecule has 0 aliphatic heterocycles. The SMILES string of the molecule is C#CC=CCN=C=O. The van der Waals surface area contributed by atoms with E-state index in [4.69, 9.17) is 6.42 Å². The molecule has 0 N–H and O–H groups in total. The second-order valence-corrected chi connectivity index (χ2v) is 1.00. The average molecular weight is 107 g/mol. The summed E-state index contributed by atoms with van der Waals surface area (Å²) in [5, 5.41) is 0. The molecule has 0 fully saturated rings. The number of hydrogen-bond acceptors (Lipinski definition) is 2. The van der Waals surface area contributed by atoms with Crippen LogP contribution in [-0.4, -0.2) is 12.6 Å². The zero-order valence-electron chi connectivity index (χ0n) is 4.29. The lowest BCUT2D eigenvalue weighted by atomic mass is 10.5. The van der Waals surface area contributed by atoms with Gasteiger partial charge in [0.1, 0.15) is 0 Å². The Morgan fingerprint density at radius 1 is 1.75 bits per heavy atom. The van der Waals surface area contributed by atoms with E-state index in [-0.39, 0.29) is 0 Å². The Morgan fingerprint density at radius 2 is 2.50 bits per heavy atom. The van der Waals surface area contributed by atoms with Gasteiger partial charge < -0.3 is 0 Å². The van der Waals surface area contributed by atoms with Crippen molar-refractivity contribution in [2.24, 2.45) is 4.99 Å². The zero-order valence-corrected chi connectivity index (χ0v) is 4.29. The molecule has 0 aromatic rings. The number of isocyanates is 1. The second-order valence-electron chi connectivity index (χ2n) is 1.00. The normalized spacial score (nSPS) is 7.88. The molecule has 0 spiro atoms. The summed E-state index contributed by atoms with van der Waals surface area (Å²) in [5.74, 6) is 2.26. The van der Waals surface area contributed by atoms with Crippen molar-refractivity contribution in [1.82, 2.24) is 0 Å². The highest BCUT2D eigenvalue weighted by atomic mass is 16.1. The number of carbonyl (C=O) groups excluding carboxylic acids is 1. The van der Waals surface area contributed by atoms with Crippen LogP contribution >= 0.6 is 0 Å². The number of terminal acetylenes is 1. The molecule has 8 heavy (non-hydrogen) atoms. The summed E-state index contributed by atoms with van der Waals surface area (Å²) >= 11 is 0. The third-order valence-electron chi connectivity index (χ3n) is 0.475.